The van der Waals surface area contributed by atoms with Gasteiger partial charge in [-0.1, -0.05) is 41.8 Å². The van der Waals surface area contributed by atoms with Gasteiger partial charge in [-0.25, -0.2) is 5.26 Å². The zero-order chi connectivity index (χ0) is 27.4. The molecule has 6 aromatic rings. The zero-order valence-electron chi connectivity index (χ0n) is 21.5. The van der Waals surface area contributed by atoms with Gasteiger partial charge in [-0.15, -0.1) is 0 Å². The predicted molar refractivity (Wildman–Crippen MR) is 155 cm³/mol. The SMILES string of the molecule is N#C[S-].[La+3].c1ccc(-c2ccccn2)nc1.c1ccc(-c2ccccn2)nc1.c1ccc(-c2ccccn2)nc1. The number of pyridine rings is 6. The van der Waals surface area contributed by atoms with Crippen LogP contribution in [0.15, 0.2) is 146 Å². The summed E-state index contributed by atoms with van der Waals surface area (Å²) in [6.07, 6.45) is 10.6. The van der Waals surface area contributed by atoms with Crippen molar-refractivity contribution < 1.29 is 35.6 Å². The average molecular weight is 666 g/mol. The van der Waals surface area contributed by atoms with Crippen LogP contribution in [0, 0.1) is 46.3 Å². The van der Waals surface area contributed by atoms with E-state index in [0.29, 0.717) is 0 Å². The minimum absolute atomic E-state index is 0. The van der Waals surface area contributed by atoms with Crippen LogP contribution in [-0.4, -0.2) is 29.9 Å². The number of nitrogens with zero attached hydrogens (tertiary/aromatic N) is 7. The first kappa shape index (κ1) is 32.0. The third kappa shape index (κ3) is 11.7. The van der Waals surface area contributed by atoms with Gasteiger partial charge in [-0.2, -0.15) is 0 Å². The minimum Gasteiger partial charge on any atom is -0.696 e. The Morgan fingerprint density at radius 3 is 0.625 bits per heavy atom. The largest absolute Gasteiger partial charge is 3.00 e. The second-order valence-corrected chi connectivity index (χ2v) is 7.56. The Balaban J connectivity index is 0.000000198. The summed E-state index contributed by atoms with van der Waals surface area (Å²) in [6, 6.07) is 34.8. The zero-order valence-corrected chi connectivity index (χ0v) is 25.9. The molecule has 0 radical (unpaired) electrons. The summed E-state index contributed by atoms with van der Waals surface area (Å²) in [6.45, 7) is 0. The summed E-state index contributed by atoms with van der Waals surface area (Å²) in [5.74, 6) is 0. The molecule has 0 N–H and O–H groups in total. The van der Waals surface area contributed by atoms with Crippen molar-refractivity contribution in [2.24, 2.45) is 0 Å². The second kappa shape index (κ2) is 19.8. The van der Waals surface area contributed by atoms with Crippen molar-refractivity contribution in [3.05, 3.63) is 146 Å². The monoisotopic (exact) mass is 665 g/mol. The molecule has 0 saturated carbocycles. The molecular weight excluding hydrogens is 641 g/mol. The van der Waals surface area contributed by atoms with Crippen molar-refractivity contribution in [2.75, 3.05) is 0 Å². The number of thiocyanates is 1. The molecule has 7 nitrogen and oxygen atoms in total. The number of hydrogen-bond acceptors (Lipinski definition) is 8. The van der Waals surface area contributed by atoms with E-state index in [-0.39, 0.29) is 35.6 Å². The van der Waals surface area contributed by atoms with Crippen LogP contribution in [0.1, 0.15) is 0 Å². The molecule has 40 heavy (non-hydrogen) atoms. The summed E-state index contributed by atoms with van der Waals surface area (Å²) in [5, 5.41) is 8.47. The fourth-order valence-electron chi connectivity index (χ4n) is 3.09. The molecule has 0 aliphatic carbocycles. The topological polar surface area (TPSA) is 101 Å². The van der Waals surface area contributed by atoms with E-state index in [4.69, 9.17) is 5.26 Å². The average Bonchev–Trinajstić information content (AvgIpc) is 3.05. The molecule has 0 aliphatic rings. The molecule has 0 fully saturated rings. The van der Waals surface area contributed by atoms with Crippen LogP contribution in [0.5, 0.6) is 0 Å². The van der Waals surface area contributed by atoms with E-state index in [2.05, 4.69) is 42.5 Å². The number of aromatic nitrogens is 6. The first-order valence-electron chi connectivity index (χ1n) is 11.8. The summed E-state index contributed by atoms with van der Waals surface area (Å²) in [7, 11) is 0. The molecule has 0 aromatic carbocycles. The van der Waals surface area contributed by atoms with E-state index in [0.717, 1.165) is 34.2 Å². The number of nitriles is 1. The summed E-state index contributed by atoms with van der Waals surface area (Å²) in [5.41, 5.74) is 5.49. The van der Waals surface area contributed by atoms with Crippen molar-refractivity contribution in [1.29, 1.82) is 5.26 Å². The second-order valence-electron chi connectivity index (χ2n) is 7.38. The van der Waals surface area contributed by atoms with Gasteiger partial charge in [0, 0.05) is 37.2 Å². The molecule has 6 rings (SSSR count). The fraction of sp³-hybridized carbons (Fsp3) is 0. The number of rotatable bonds is 3. The molecule has 9 heteroatoms. The molecule has 0 bridgehead atoms. The van der Waals surface area contributed by atoms with Crippen LogP contribution in [0.2, 0.25) is 0 Å². The predicted octanol–water partition coefficient (Wildman–Crippen LogP) is 6.45. The molecule has 6 heterocycles. The van der Waals surface area contributed by atoms with Crippen molar-refractivity contribution in [3.63, 3.8) is 0 Å². The van der Waals surface area contributed by atoms with Gasteiger partial charge < -0.3 is 12.6 Å². The maximum Gasteiger partial charge on any atom is 3.00 e. The van der Waals surface area contributed by atoms with Crippen LogP contribution in [0.4, 0.5) is 0 Å². The van der Waals surface area contributed by atoms with E-state index in [9.17, 15) is 0 Å². The Bertz CT molecular complexity index is 1200. The minimum atomic E-state index is 0. The van der Waals surface area contributed by atoms with E-state index in [1.54, 1.807) is 37.2 Å². The van der Waals surface area contributed by atoms with Crippen LogP contribution >= 0.6 is 0 Å². The normalized spacial score (nSPS) is 8.88. The van der Waals surface area contributed by atoms with E-state index >= 15 is 0 Å². The Kier molecular flexibility index (Phi) is 15.9. The number of hydrogen-bond donors (Lipinski definition) is 0. The van der Waals surface area contributed by atoms with Crippen molar-refractivity contribution >= 4 is 12.6 Å². The van der Waals surface area contributed by atoms with Crippen LogP contribution < -0.4 is 0 Å². The maximum absolute atomic E-state index is 7.13. The van der Waals surface area contributed by atoms with Gasteiger partial charge >= 0.3 is 35.6 Å². The third-order valence-corrected chi connectivity index (χ3v) is 4.78. The van der Waals surface area contributed by atoms with Crippen LogP contribution in [0.3, 0.4) is 0 Å². The molecule has 0 amide bonds. The standard InChI is InChI=1S/3C10H8N2.CHNS.La/c3*1-3-7-11-9(5-1)10-6-2-4-8-12-10;2-1-3;/h3*1-8H;3H;/q;;;;+3/p-1. The molecule has 0 saturated heterocycles. The molecule has 190 valence electrons. The molecule has 0 unspecified atom stereocenters. The summed E-state index contributed by atoms with van der Waals surface area (Å²) >= 11 is 3.70. The quantitative estimate of drug-likeness (QED) is 0.157. The molecule has 6 aromatic heterocycles. The van der Waals surface area contributed by atoms with E-state index in [1.807, 2.05) is 109 Å². The van der Waals surface area contributed by atoms with Gasteiger partial charge in [0.25, 0.3) is 0 Å². The van der Waals surface area contributed by atoms with Crippen molar-refractivity contribution in [3.8, 4) is 39.6 Å². The molecule has 0 aliphatic heterocycles. The Morgan fingerprint density at radius 1 is 0.375 bits per heavy atom. The van der Waals surface area contributed by atoms with Gasteiger partial charge in [0.2, 0.25) is 0 Å². The van der Waals surface area contributed by atoms with Crippen LogP contribution in [-0.2, 0) is 12.6 Å². The summed E-state index contributed by atoms with van der Waals surface area (Å²) in [4.78, 5) is 25.1. The van der Waals surface area contributed by atoms with Crippen molar-refractivity contribution in [1.82, 2.24) is 29.9 Å². The smallest absolute Gasteiger partial charge is 0.696 e. The van der Waals surface area contributed by atoms with E-state index < -0.39 is 0 Å². The Labute approximate surface area is 267 Å². The Morgan fingerprint density at radius 2 is 0.525 bits per heavy atom. The third-order valence-electron chi connectivity index (χ3n) is 4.78. The molecule has 0 spiro atoms. The molecular formula is C31H24LaN7S+2. The van der Waals surface area contributed by atoms with Gasteiger partial charge in [-0.3, -0.25) is 29.9 Å². The summed E-state index contributed by atoms with van der Waals surface area (Å²) < 4.78 is 0. The Hall–Kier alpha value is -4.20. The van der Waals surface area contributed by atoms with E-state index in [1.165, 1.54) is 5.40 Å². The van der Waals surface area contributed by atoms with Gasteiger partial charge in [0.05, 0.1) is 34.2 Å². The van der Waals surface area contributed by atoms with Gasteiger partial charge in [0.1, 0.15) is 0 Å². The first-order chi connectivity index (χ1) is 19.3. The fourth-order valence-corrected chi connectivity index (χ4v) is 3.09. The van der Waals surface area contributed by atoms with Crippen molar-refractivity contribution in [2.45, 2.75) is 0 Å². The van der Waals surface area contributed by atoms with Crippen LogP contribution in [0.25, 0.3) is 34.2 Å². The maximum atomic E-state index is 7.13. The first-order valence-corrected chi connectivity index (χ1v) is 12.2. The molecule has 0 atom stereocenters. The van der Waals surface area contributed by atoms with Gasteiger partial charge in [-0.05, 0) is 72.8 Å². The van der Waals surface area contributed by atoms with Gasteiger partial charge in [0.15, 0.2) is 0 Å².